The largest absolute Gasteiger partial charge is 0.496 e. The quantitative estimate of drug-likeness (QED) is 0.0454. The zero-order chi connectivity index (χ0) is 47.3. The predicted octanol–water partition coefficient (Wildman–Crippen LogP) is 3.40. The number of amides is 4. The van der Waals surface area contributed by atoms with Crippen molar-refractivity contribution in [3.8, 4) is 23.0 Å². The van der Waals surface area contributed by atoms with Crippen molar-refractivity contribution in [1.82, 2.24) is 31.1 Å². The van der Waals surface area contributed by atoms with E-state index < -0.39 is 5.91 Å². The molecule has 4 amide bonds. The van der Waals surface area contributed by atoms with Gasteiger partial charge in [0.2, 0.25) is 0 Å². The van der Waals surface area contributed by atoms with Crippen LogP contribution in [0.5, 0.6) is 23.0 Å². The molecule has 0 aromatic heterocycles. The Kier molecular flexibility index (Phi) is 21.9. The minimum atomic E-state index is -0.406. The van der Waals surface area contributed by atoms with Gasteiger partial charge in [0, 0.05) is 71.5 Å². The SMILES string of the molecule is COc1cc(OC)c(C(=O)NC2CCC(NC(=O)c3cc(C(=O)NCCN)c(OCCCCCN)cc3OCCCCCN)CC2)cc1C(=O)NC1CCC(N=C(N(C)C)N(C)C)CC1. The minimum absolute atomic E-state index is 0.0423. The third-order valence-corrected chi connectivity index (χ3v) is 11.8. The van der Waals surface area contributed by atoms with Crippen LogP contribution in [0.1, 0.15) is 131 Å². The van der Waals surface area contributed by atoms with E-state index in [0.29, 0.717) is 69.2 Å². The number of methoxy groups -OCH3 is 2. The van der Waals surface area contributed by atoms with Crippen LogP contribution in [-0.2, 0) is 0 Å². The van der Waals surface area contributed by atoms with Gasteiger partial charge in [0.25, 0.3) is 23.6 Å². The summed E-state index contributed by atoms with van der Waals surface area (Å²) in [6.07, 6.45) is 10.6. The summed E-state index contributed by atoms with van der Waals surface area (Å²) < 4.78 is 23.5. The lowest BCUT2D eigenvalue weighted by atomic mass is 9.90. The molecule has 2 aliphatic rings. The van der Waals surface area contributed by atoms with Gasteiger partial charge in [0.1, 0.15) is 23.0 Å². The number of nitrogens with zero attached hydrogens (tertiary/aromatic N) is 3. The molecule has 0 bridgehead atoms. The number of aliphatic imine (C=N–C) groups is 1. The third kappa shape index (κ3) is 16.0. The van der Waals surface area contributed by atoms with Gasteiger partial charge in [-0.25, -0.2) is 4.99 Å². The van der Waals surface area contributed by atoms with Crippen LogP contribution in [-0.4, -0.2) is 145 Å². The molecule has 10 N–H and O–H groups in total. The van der Waals surface area contributed by atoms with Gasteiger partial charge >= 0.3 is 0 Å². The van der Waals surface area contributed by atoms with Crippen LogP contribution in [0.3, 0.4) is 0 Å². The van der Waals surface area contributed by atoms with Gasteiger partial charge in [0.05, 0.1) is 55.7 Å². The average Bonchev–Trinajstić information content (AvgIpc) is 3.30. The molecule has 2 aliphatic carbocycles. The highest BCUT2D eigenvalue weighted by atomic mass is 16.5. The highest BCUT2D eigenvalue weighted by molar-refractivity contribution is 6.04. The van der Waals surface area contributed by atoms with Gasteiger partial charge in [-0.05, 0) is 115 Å². The van der Waals surface area contributed by atoms with Crippen molar-refractivity contribution < 1.29 is 38.1 Å². The lowest BCUT2D eigenvalue weighted by Gasteiger charge is -2.30. The molecule has 0 spiro atoms. The number of nitrogens with one attached hydrogen (secondary N) is 4. The Bertz CT molecular complexity index is 1870. The number of carbonyl (C=O) groups excluding carboxylic acids is 4. The molecule has 2 aromatic carbocycles. The second-order valence-electron chi connectivity index (χ2n) is 17.2. The van der Waals surface area contributed by atoms with E-state index in [1.54, 1.807) is 12.1 Å². The highest BCUT2D eigenvalue weighted by Gasteiger charge is 2.30. The maximum absolute atomic E-state index is 14.0. The monoisotopic (exact) mass is 909 g/mol. The summed E-state index contributed by atoms with van der Waals surface area (Å²) >= 11 is 0. The van der Waals surface area contributed by atoms with E-state index in [-0.39, 0.29) is 83.0 Å². The number of unbranched alkanes of at least 4 members (excludes halogenated alkanes) is 4. The van der Waals surface area contributed by atoms with E-state index in [4.69, 9.17) is 41.1 Å². The van der Waals surface area contributed by atoms with Crippen molar-refractivity contribution in [1.29, 1.82) is 0 Å². The summed E-state index contributed by atoms with van der Waals surface area (Å²) in [7, 11) is 10.9. The Hall–Kier alpha value is -5.33. The first-order chi connectivity index (χ1) is 31.3. The van der Waals surface area contributed by atoms with E-state index in [1.165, 1.54) is 26.4 Å². The smallest absolute Gasteiger partial charge is 0.255 e. The predicted molar refractivity (Wildman–Crippen MR) is 253 cm³/mol. The standard InChI is InChI=1S/C47H76N10O8/c1-56(2)47(57(3)4)55-34-19-17-33(18-20-34)53-45(60)36-27-35(39(62-5)29-40(36)63-6)44(59)52-31-13-15-32(16-14-31)54-46(61)38-28-37(43(58)51-24-23-50)41(64-25-11-7-9-21-48)30-42(38)65-26-12-8-10-22-49/h27-34H,7-26,48-50H2,1-6H3,(H,51,58)(H,52,59)(H,53,60)(H,54,61). The summed E-state index contributed by atoms with van der Waals surface area (Å²) in [5, 5.41) is 12.2. The van der Waals surface area contributed by atoms with E-state index in [1.807, 2.05) is 38.0 Å². The molecular formula is C47H76N10O8. The van der Waals surface area contributed by atoms with Crippen molar-refractivity contribution in [3.05, 3.63) is 46.5 Å². The second kappa shape index (κ2) is 27.2. The second-order valence-corrected chi connectivity index (χ2v) is 17.2. The molecule has 4 rings (SSSR count). The summed E-state index contributed by atoms with van der Waals surface area (Å²) in [4.78, 5) is 63.9. The molecule has 362 valence electrons. The lowest BCUT2D eigenvalue weighted by Crippen LogP contribution is -2.44. The molecule has 0 unspecified atom stereocenters. The van der Waals surface area contributed by atoms with Crippen molar-refractivity contribution in [3.63, 3.8) is 0 Å². The van der Waals surface area contributed by atoms with Gasteiger partial charge in [-0.2, -0.15) is 0 Å². The fourth-order valence-corrected chi connectivity index (χ4v) is 8.22. The zero-order valence-corrected chi connectivity index (χ0v) is 39.6. The molecule has 18 heteroatoms. The maximum atomic E-state index is 14.0. The number of carbonyl (C=O) groups is 4. The lowest BCUT2D eigenvalue weighted by molar-refractivity contribution is 0.0886. The first-order valence-corrected chi connectivity index (χ1v) is 23.3. The summed E-state index contributed by atoms with van der Waals surface area (Å²) in [6, 6.07) is 6.00. The zero-order valence-electron chi connectivity index (χ0n) is 39.6. The summed E-state index contributed by atoms with van der Waals surface area (Å²) in [5.41, 5.74) is 17.9. The summed E-state index contributed by atoms with van der Waals surface area (Å²) in [5.74, 6) is 0.644. The number of hydrogen-bond donors (Lipinski definition) is 7. The molecule has 0 heterocycles. The van der Waals surface area contributed by atoms with Crippen molar-refractivity contribution >= 4 is 29.6 Å². The van der Waals surface area contributed by atoms with Crippen molar-refractivity contribution in [2.75, 3.05) is 81.8 Å². The number of guanidine groups is 1. The molecule has 0 radical (unpaired) electrons. The van der Waals surface area contributed by atoms with Gasteiger partial charge in [-0.3, -0.25) is 19.2 Å². The fourth-order valence-electron chi connectivity index (χ4n) is 8.22. The number of benzene rings is 2. The first-order valence-electron chi connectivity index (χ1n) is 23.3. The molecule has 18 nitrogen and oxygen atoms in total. The number of nitrogens with two attached hydrogens (primary N) is 3. The molecule has 65 heavy (non-hydrogen) atoms. The third-order valence-electron chi connectivity index (χ3n) is 11.8. The Morgan fingerprint density at radius 1 is 0.538 bits per heavy atom. The highest BCUT2D eigenvalue weighted by Crippen LogP contribution is 2.33. The van der Waals surface area contributed by atoms with Crippen LogP contribution >= 0.6 is 0 Å². The maximum Gasteiger partial charge on any atom is 0.255 e. The van der Waals surface area contributed by atoms with Crippen LogP contribution in [0.25, 0.3) is 0 Å². The number of rotatable bonds is 24. The van der Waals surface area contributed by atoms with Crippen molar-refractivity contribution in [2.24, 2.45) is 22.2 Å². The van der Waals surface area contributed by atoms with E-state index >= 15 is 0 Å². The van der Waals surface area contributed by atoms with E-state index in [0.717, 1.165) is 70.2 Å². The van der Waals surface area contributed by atoms with Crippen LogP contribution in [0.4, 0.5) is 0 Å². The van der Waals surface area contributed by atoms with E-state index in [9.17, 15) is 19.2 Å². The van der Waals surface area contributed by atoms with Crippen LogP contribution in [0.15, 0.2) is 29.3 Å². The molecule has 2 saturated carbocycles. The molecule has 0 atom stereocenters. The molecule has 0 saturated heterocycles. The molecule has 0 aliphatic heterocycles. The average molecular weight is 909 g/mol. The Labute approximate surface area is 385 Å². The number of hydrogen-bond acceptors (Lipinski definition) is 12. The van der Waals surface area contributed by atoms with Crippen LogP contribution in [0, 0.1) is 0 Å². The van der Waals surface area contributed by atoms with Gasteiger partial charge in [0.15, 0.2) is 5.96 Å². The molecular weight excluding hydrogens is 833 g/mol. The van der Waals surface area contributed by atoms with Crippen molar-refractivity contribution in [2.45, 2.75) is 114 Å². The summed E-state index contributed by atoms with van der Waals surface area (Å²) in [6.45, 7) is 2.40. The van der Waals surface area contributed by atoms with Gasteiger partial charge < -0.3 is 67.2 Å². The molecule has 2 aromatic rings. The Morgan fingerprint density at radius 3 is 1.31 bits per heavy atom. The van der Waals surface area contributed by atoms with Gasteiger partial charge in [-0.15, -0.1) is 0 Å². The molecule has 2 fully saturated rings. The van der Waals surface area contributed by atoms with Crippen LogP contribution < -0.4 is 57.4 Å². The first kappa shape index (κ1) is 52.3. The Morgan fingerprint density at radius 2 is 0.923 bits per heavy atom. The topological polar surface area (TPSA) is 250 Å². The number of ether oxygens (including phenoxy) is 4. The normalized spacial score (nSPS) is 18.1. The van der Waals surface area contributed by atoms with E-state index in [2.05, 4.69) is 21.3 Å². The van der Waals surface area contributed by atoms with Crippen LogP contribution in [0.2, 0.25) is 0 Å². The van der Waals surface area contributed by atoms with Gasteiger partial charge in [-0.1, -0.05) is 0 Å². The Balaban J connectivity index is 1.42. The fraction of sp³-hybridized carbons (Fsp3) is 0.638. The minimum Gasteiger partial charge on any atom is -0.496 e.